The molecular weight excluding hydrogens is 246 g/mol. The zero-order chi connectivity index (χ0) is 13.8. The Morgan fingerprint density at radius 1 is 1.47 bits per heavy atom. The summed E-state index contributed by atoms with van der Waals surface area (Å²) in [6.45, 7) is 2.03. The molecule has 0 bridgehead atoms. The number of hydrogen-bond donors (Lipinski definition) is 1. The van der Waals surface area contributed by atoms with Gasteiger partial charge in [-0.3, -0.25) is 4.79 Å². The van der Waals surface area contributed by atoms with Crippen molar-refractivity contribution < 1.29 is 19.1 Å². The third kappa shape index (κ3) is 2.93. The molecule has 1 aromatic carbocycles. The van der Waals surface area contributed by atoms with Crippen LogP contribution in [0.3, 0.4) is 0 Å². The van der Waals surface area contributed by atoms with E-state index in [4.69, 9.17) is 14.3 Å². The fraction of sp³-hybridized carbons (Fsp3) is 0.286. The molecule has 100 valence electrons. The van der Waals surface area contributed by atoms with Crippen LogP contribution in [0.15, 0.2) is 28.9 Å². The van der Waals surface area contributed by atoms with Gasteiger partial charge in [0.05, 0.1) is 19.2 Å². The molecule has 0 saturated carbocycles. The number of carboxylic acids is 1. The maximum absolute atomic E-state index is 10.6. The number of aryl methyl sites for hydroxylation is 1. The van der Waals surface area contributed by atoms with E-state index >= 15 is 0 Å². The molecule has 1 aromatic heterocycles. The van der Waals surface area contributed by atoms with Crippen LogP contribution in [0.2, 0.25) is 0 Å². The Labute approximate surface area is 110 Å². The van der Waals surface area contributed by atoms with Gasteiger partial charge in [-0.05, 0) is 30.2 Å². The Kier molecular flexibility index (Phi) is 3.85. The first-order chi connectivity index (χ1) is 9.13. The lowest BCUT2D eigenvalue weighted by atomic mass is 10.1. The lowest BCUT2D eigenvalue weighted by Gasteiger charge is -2.07. The SMILES string of the molecule is CCc1cc(-c2nc(CC(=O)O)co2)ccc1OC. The lowest BCUT2D eigenvalue weighted by Crippen LogP contribution is -1.99. The van der Waals surface area contributed by atoms with Gasteiger partial charge in [-0.25, -0.2) is 4.98 Å². The molecule has 0 aliphatic carbocycles. The monoisotopic (exact) mass is 261 g/mol. The van der Waals surface area contributed by atoms with Crippen LogP contribution in [0.1, 0.15) is 18.2 Å². The minimum atomic E-state index is -0.927. The highest BCUT2D eigenvalue weighted by molar-refractivity contribution is 5.69. The number of carboxylic acid groups (broad SMARTS) is 1. The van der Waals surface area contributed by atoms with Gasteiger partial charge in [-0.2, -0.15) is 0 Å². The second-order valence-corrected chi connectivity index (χ2v) is 4.09. The van der Waals surface area contributed by atoms with Crippen LogP contribution >= 0.6 is 0 Å². The summed E-state index contributed by atoms with van der Waals surface area (Å²) in [5.74, 6) is 0.320. The normalized spacial score (nSPS) is 10.4. The minimum Gasteiger partial charge on any atom is -0.496 e. The van der Waals surface area contributed by atoms with Crippen molar-refractivity contribution >= 4 is 5.97 Å². The van der Waals surface area contributed by atoms with Crippen molar-refractivity contribution in [1.29, 1.82) is 0 Å². The fourth-order valence-electron chi connectivity index (χ4n) is 1.86. The van der Waals surface area contributed by atoms with E-state index in [-0.39, 0.29) is 6.42 Å². The van der Waals surface area contributed by atoms with E-state index in [1.54, 1.807) is 7.11 Å². The summed E-state index contributed by atoms with van der Waals surface area (Å²) in [6.07, 6.45) is 2.07. The maximum Gasteiger partial charge on any atom is 0.309 e. The number of ether oxygens (including phenoxy) is 1. The molecule has 0 saturated heterocycles. The van der Waals surface area contributed by atoms with Gasteiger partial charge in [-0.1, -0.05) is 6.92 Å². The highest BCUT2D eigenvalue weighted by atomic mass is 16.5. The molecular formula is C14H15NO4. The van der Waals surface area contributed by atoms with Crippen molar-refractivity contribution in [1.82, 2.24) is 4.98 Å². The molecule has 0 fully saturated rings. The number of aromatic nitrogens is 1. The van der Waals surface area contributed by atoms with Gasteiger partial charge in [0.25, 0.3) is 0 Å². The summed E-state index contributed by atoms with van der Waals surface area (Å²) < 4.78 is 10.6. The molecule has 0 spiro atoms. The van der Waals surface area contributed by atoms with Crippen molar-refractivity contribution in [3.63, 3.8) is 0 Å². The van der Waals surface area contributed by atoms with E-state index in [2.05, 4.69) is 4.98 Å². The summed E-state index contributed by atoms with van der Waals surface area (Å²) in [7, 11) is 1.63. The van der Waals surface area contributed by atoms with Crippen molar-refractivity contribution in [2.75, 3.05) is 7.11 Å². The predicted octanol–water partition coefficient (Wildman–Crippen LogP) is 2.54. The summed E-state index contributed by atoms with van der Waals surface area (Å²) in [6, 6.07) is 5.64. The third-order valence-electron chi connectivity index (χ3n) is 2.79. The molecule has 0 amide bonds. The van der Waals surface area contributed by atoms with Crippen LogP contribution in [-0.4, -0.2) is 23.2 Å². The summed E-state index contributed by atoms with van der Waals surface area (Å²) in [5, 5.41) is 8.70. The molecule has 5 heteroatoms. The highest BCUT2D eigenvalue weighted by Gasteiger charge is 2.11. The second kappa shape index (κ2) is 5.56. The topological polar surface area (TPSA) is 72.6 Å². The van der Waals surface area contributed by atoms with E-state index in [0.717, 1.165) is 23.3 Å². The van der Waals surface area contributed by atoms with Gasteiger partial charge in [0.15, 0.2) is 0 Å². The molecule has 2 rings (SSSR count). The molecule has 5 nitrogen and oxygen atoms in total. The smallest absolute Gasteiger partial charge is 0.309 e. The molecule has 0 unspecified atom stereocenters. The Morgan fingerprint density at radius 2 is 2.26 bits per heavy atom. The molecule has 0 radical (unpaired) electrons. The standard InChI is InChI=1S/C14H15NO4/c1-3-9-6-10(4-5-12(9)18-2)14-15-11(8-19-14)7-13(16)17/h4-6,8H,3,7H2,1-2H3,(H,16,17). The van der Waals surface area contributed by atoms with Crippen LogP contribution < -0.4 is 4.74 Å². The van der Waals surface area contributed by atoms with Crippen molar-refractivity contribution in [2.45, 2.75) is 19.8 Å². The Balaban J connectivity index is 2.31. The van der Waals surface area contributed by atoms with Gasteiger partial charge in [0.2, 0.25) is 5.89 Å². The number of aliphatic carboxylic acids is 1. The Hall–Kier alpha value is -2.30. The average molecular weight is 261 g/mol. The number of hydrogen-bond acceptors (Lipinski definition) is 4. The summed E-state index contributed by atoms with van der Waals surface area (Å²) >= 11 is 0. The van der Waals surface area contributed by atoms with Crippen LogP contribution in [0.25, 0.3) is 11.5 Å². The van der Waals surface area contributed by atoms with Gasteiger partial charge in [0, 0.05) is 5.56 Å². The van der Waals surface area contributed by atoms with Crippen molar-refractivity contribution in [3.05, 3.63) is 35.7 Å². The first kappa shape index (κ1) is 13.1. The fourth-order valence-corrected chi connectivity index (χ4v) is 1.86. The maximum atomic E-state index is 10.6. The number of nitrogens with zero attached hydrogens (tertiary/aromatic N) is 1. The molecule has 1 N–H and O–H groups in total. The number of benzene rings is 1. The van der Waals surface area contributed by atoms with Crippen LogP contribution in [0.4, 0.5) is 0 Å². The van der Waals surface area contributed by atoms with Gasteiger partial charge in [-0.15, -0.1) is 0 Å². The third-order valence-corrected chi connectivity index (χ3v) is 2.79. The van der Waals surface area contributed by atoms with E-state index in [9.17, 15) is 4.79 Å². The molecule has 1 heterocycles. The predicted molar refractivity (Wildman–Crippen MR) is 69.2 cm³/mol. The first-order valence-corrected chi connectivity index (χ1v) is 5.97. The molecule has 0 atom stereocenters. The zero-order valence-corrected chi connectivity index (χ0v) is 10.8. The lowest BCUT2D eigenvalue weighted by molar-refractivity contribution is -0.136. The van der Waals surface area contributed by atoms with Crippen LogP contribution in [-0.2, 0) is 17.6 Å². The van der Waals surface area contributed by atoms with Crippen LogP contribution in [0, 0.1) is 0 Å². The van der Waals surface area contributed by atoms with Crippen LogP contribution in [0.5, 0.6) is 5.75 Å². The Morgan fingerprint density at radius 3 is 2.89 bits per heavy atom. The Bertz CT molecular complexity index is 589. The summed E-state index contributed by atoms with van der Waals surface area (Å²) in [5.41, 5.74) is 2.28. The first-order valence-electron chi connectivity index (χ1n) is 5.97. The molecule has 19 heavy (non-hydrogen) atoms. The van der Waals surface area contributed by atoms with Gasteiger partial charge in [0.1, 0.15) is 12.0 Å². The van der Waals surface area contributed by atoms with Gasteiger partial charge >= 0.3 is 5.97 Å². The van der Waals surface area contributed by atoms with Crippen molar-refractivity contribution in [3.8, 4) is 17.2 Å². The van der Waals surface area contributed by atoms with Gasteiger partial charge < -0.3 is 14.3 Å². The number of oxazole rings is 1. The highest BCUT2D eigenvalue weighted by Crippen LogP contribution is 2.26. The largest absolute Gasteiger partial charge is 0.496 e. The zero-order valence-electron chi connectivity index (χ0n) is 10.8. The number of methoxy groups -OCH3 is 1. The molecule has 2 aromatic rings. The van der Waals surface area contributed by atoms with E-state index in [1.165, 1.54) is 6.26 Å². The average Bonchev–Trinajstić information content (AvgIpc) is 2.85. The second-order valence-electron chi connectivity index (χ2n) is 4.09. The number of rotatable bonds is 5. The van der Waals surface area contributed by atoms with E-state index < -0.39 is 5.97 Å². The van der Waals surface area contributed by atoms with E-state index in [0.29, 0.717) is 11.6 Å². The molecule has 0 aliphatic heterocycles. The minimum absolute atomic E-state index is 0.139. The quantitative estimate of drug-likeness (QED) is 0.895. The summed E-state index contributed by atoms with van der Waals surface area (Å²) in [4.78, 5) is 14.8. The number of carbonyl (C=O) groups is 1. The van der Waals surface area contributed by atoms with Crippen molar-refractivity contribution in [2.24, 2.45) is 0 Å². The molecule has 0 aliphatic rings. The van der Waals surface area contributed by atoms with E-state index in [1.807, 2.05) is 25.1 Å².